The van der Waals surface area contributed by atoms with Gasteiger partial charge in [0.2, 0.25) is 11.8 Å². The molecule has 3 amide bonds. The maximum absolute atomic E-state index is 12.4. The second kappa shape index (κ2) is 9.36. The lowest BCUT2D eigenvalue weighted by atomic mass is 10.1. The van der Waals surface area contributed by atoms with Crippen LogP contribution in [0.5, 0.6) is 0 Å². The number of nitrogens with one attached hydrogen (secondary N) is 3. The molecule has 3 N–H and O–H groups in total. The van der Waals surface area contributed by atoms with Crippen LogP contribution in [0.15, 0.2) is 48.5 Å². The first kappa shape index (κ1) is 19.2. The molecule has 2 aromatic carbocycles. The summed E-state index contributed by atoms with van der Waals surface area (Å²) < 4.78 is 0. The summed E-state index contributed by atoms with van der Waals surface area (Å²) >= 11 is 0. The van der Waals surface area contributed by atoms with Gasteiger partial charge in [-0.1, -0.05) is 30.3 Å². The normalized spacial score (nSPS) is 10.1. The van der Waals surface area contributed by atoms with E-state index < -0.39 is 0 Å². The predicted molar refractivity (Wildman–Crippen MR) is 102 cm³/mol. The van der Waals surface area contributed by atoms with Crippen LogP contribution >= 0.6 is 0 Å². The highest BCUT2D eigenvalue weighted by molar-refractivity contribution is 5.99. The summed E-state index contributed by atoms with van der Waals surface area (Å²) in [6.45, 7) is 3.30. The highest BCUT2D eigenvalue weighted by Gasteiger charge is 2.10. The van der Waals surface area contributed by atoms with E-state index in [0.717, 1.165) is 12.8 Å². The SMILES string of the molecule is CC(=O)Nc1cc(NC(C)=O)cc(C(=O)NCCCc2ccccc2)c1. The van der Waals surface area contributed by atoms with Gasteiger partial charge in [-0.15, -0.1) is 0 Å². The molecular formula is C20H23N3O3. The van der Waals surface area contributed by atoms with Gasteiger partial charge in [-0.05, 0) is 36.6 Å². The number of amides is 3. The van der Waals surface area contributed by atoms with Gasteiger partial charge in [0, 0.05) is 37.3 Å². The van der Waals surface area contributed by atoms with Crippen molar-refractivity contribution < 1.29 is 14.4 Å². The molecule has 0 aliphatic carbocycles. The van der Waals surface area contributed by atoms with Crippen LogP contribution in [-0.4, -0.2) is 24.3 Å². The van der Waals surface area contributed by atoms with Gasteiger partial charge in [-0.3, -0.25) is 14.4 Å². The third-order valence-corrected chi connectivity index (χ3v) is 3.61. The van der Waals surface area contributed by atoms with Gasteiger partial charge in [-0.2, -0.15) is 0 Å². The molecule has 2 aromatic rings. The van der Waals surface area contributed by atoms with Gasteiger partial charge in [0.25, 0.3) is 5.91 Å². The molecule has 0 aromatic heterocycles. The van der Waals surface area contributed by atoms with Gasteiger partial charge in [-0.25, -0.2) is 0 Å². The molecule has 0 aliphatic heterocycles. The third kappa shape index (κ3) is 6.39. The van der Waals surface area contributed by atoms with E-state index in [9.17, 15) is 14.4 Å². The van der Waals surface area contributed by atoms with E-state index >= 15 is 0 Å². The van der Waals surface area contributed by atoms with Crippen molar-refractivity contribution in [3.05, 3.63) is 59.7 Å². The molecule has 0 radical (unpaired) electrons. The van der Waals surface area contributed by atoms with Crippen molar-refractivity contribution in [1.82, 2.24) is 5.32 Å². The van der Waals surface area contributed by atoms with E-state index in [1.54, 1.807) is 18.2 Å². The van der Waals surface area contributed by atoms with Crippen LogP contribution in [0.25, 0.3) is 0 Å². The van der Waals surface area contributed by atoms with Gasteiger partial charge < -0.3 is 16.0 Å². The second-order valence-corrected chi connectivity index (χ2v) is 6.01. The lowest BCUT2D eigenvalue weighted by Gasteiger charge is -2.11. The van der Waals surface area contributed by atoms with E-state index in [1.165, 1.54) is 19.4 Å². The zero-order valence-corrected chi connectivity index (χ0v) is 15.0. The number of benzene rings is 2. The molecular weight excluding hydrogens is 330 g/mol. The smallest absolute Gasteiger partial charge is 0.251 e. The van der Waals surface area contributed by atoms with Crippen LogP contribution in [0.4, 0.5) is 11.4 Å². The molecule has 0 fully saturated rings. The zero-order valence-electron chi connectivity index (χ0n) is 15.0. The van der Waals surface area contributed by atoms with Crippen LogP contribution in [0.2, 0.25) is 0 Å². The Labute approximate surface area is 153 Å². The summed E-state index contributed by atoms with van der Waals surface area (Å²) in [5.41, 5.74) is 2.51. The first-order valence-corrected chi connectivity index (χ1v) is 8.46. The molecule has 0 aliphatic rings. The molecule has 6 heteroatoms. The average Bonchev–Trinajstić information content (AvgIpc) is 2.58. The maximum Gasteiger partial charge on any atom is 0.251 e. The number of aryl methyl sites for hydroxylation is 1. The summed E-state index contributed by atoms with van der Waals surface area (Å²) in [7, 11) is 0. The Morgan fingerprint density at radius 2 is 1.42 bits per heavy atom. The fraction of sp³-hybridized carbons (Fsp3) is 0.250. The lowest BCUT2D eigenvalue weighted by Crippen LogP contribution is -2.25. The molecule has 0 heterocycles. The first-order valence-electron chi connectivity index (χ1n) is 8.46. The number of carbonyl (C=O) groups is 3. The number of carbonyl (C=O) groups excluding carboxylic acids is 3. The van der Waals surface area contributed by atoms with Gasteiger partial charge in [0.05, 0.1) is 0 Å². The van der Waals surface area contributed by atoms with Crippen LogP contribution in [0.1, 0.15) is 36.2 Å². The Balaban J connectivity index is 1.99. The van der Waals surface area contributed by atoms with Crippen molar-refractivity contribution in [2.75, 3.05) is 17.2 Å². The van der Waals surface area contributed by atoms with E-state index in [2.05, 4.69) is 28.1 Å². The molecule has 26 heavy (non-hydrogen) atoms. The van der Waals surface area contributed by atoms with Crippen LogP contribution in [0, 0.1) is 0 Å². The average molecular weight is 353 g/mol. The van der Waals surface area contributed by atoms with Gasteiger partial charge in [0.15, 0.2) is 0 Å². The predicted octanol–water partition coefficient (Wildman–Crippen LogP) is 2.97. The largest absolute Gasteiger partial charge is 0.352 e. The fourth-order valence-electron chi connectivity index (χ4n) is 2.55. The number of anilines is 2. The standard InChI is InChI=1S/C20H23N3O3/c1-14(24)22-18-11-17(12-19(13-18)23-15(2)25)20(26)21-10-6-9-16-7-4-3-5-8-16/h3-5,7-8,11-13H,6,9-10H2,1-2H3,(H,21,26)(H,22,24)(H,23,25). The minimum Gasteiger partial charge on any atom is -0.352 e. The summed E-state index contributed by atoms with van der Waals surface area (Å²) in [6.07, 6.45) is 1.70. The van der Waals surface area contributed by atoms with Crippen LogP contribution in [0.3, 0.4) is 0 Å². The van der Waals surface area contributed by atoms with E-state index in [4.69, 9.17) is 0 Å². The van der Waals surface area contributed by atoms with E-state index in [-0.39, 0.29) is 17.7 Å². The number of hydrogen-bond donors (Lipinski definition) is 3. The topological polar surface area (TPSA) is 87.3 Å². The van der Waals surface area contributed by atoms with Crippen molar-refractivity contribution in [3.8, 4) is 0 Å². The van der Waals surface area contributed by atoms with E-state index in [1.807, 2.05) is 18.2 Å². The maximum atomic E-state index is 12.4. The Kier molecular flexibility index (Phi) is 6.91. The fourth-order valence-corrected chi connectivity index (χ4v) is 2.55. The summed E-state index contributed by atoms with van der Waals surface area (Å²) in [6, 6.07) is 14.8. The van der Waals surface area contributed by atoms with Gasteiger partial charge in [0.1, 0.15) is 0 Å². The van der Waals surface area contributed by atoms with Crippen molar-refractivity contribution in [1.29, 1.82) is 0 Å². The van der Waals surface area contributed by atoms with Crippen molar-refractivity contribution in [2.24, 2.45) is 0 Å². The molecule has 0 saturated heterocycles. The lowest BCUT2D eigenvalue weighted by molar-refractivity contribution is -0.115. The van der Waals surface area contributed by atoms with Crippen LogP contribution in [-0.2, 0) is 16.0 Å². The monoisotopic (exact) mass is 353 g/mol. The molecule has 0 bridgehead atoms. The summed E-state index contributed by atoms with van der Waals surface area (Å²) in [4.78, 5) is 34.9. The van der Waals surface area contributed by atoms with Crippen molar-refractivity contribution in [2.45, 2.75) is 26.7 Å². The van der Waals surface area contributed by atoms with Crippen molar-refractivity contribution in [3.63, 3.8) is 0 Å². The second-order valence-electron chi connectivity index (χ2n) is 6.01. The molecule has 2 rings (SSSR count). The van der Waals surface area contributed by atoms with Crippen molar-refractivity contribution >= 4 is 29.1 Å². The molecule has 0 spiro atoms. The molecule has 136 valence electrons. The zero-order chi connectivity index (χ0) is 18.9. The molecule has 6 nitrogen and oxygen atoms in total. The number of rotatable bonds is 7. The van der Waals surface area contributed by atoms with Gasteiger partial charge >= 0.3 is 0 Å². The quantitative estimate of drug-likeness (QED) is 0.669. The summed E-state index contributed by atoms with van der Waals surface area (Å²) in [5.74, 6) is -0.754. The minimum atomic E-state index is -0.253. The Morgan fingerprint density at radius 3 is 1.96 bits per heavy atom. The number of hydrogen-bond acceptors (Lipinski definition) is 3. The van der Waals surface area contributed by atoms with E-state index in [0.29, 0.717) is 23.5 Å². The minimum absolute atomic E-state index is 0.251. The highest BCUT2D eigenvalue weighted by Crippen LogP contribution is 2.19. The molecule has 0 unspecified atom stereocenters. The summed E-state index contributed by atoms with van der Waals surface area (Å²) in [5, 5.41) is 8.13. The molecule has 0 atom stereocenters. The third-order valence-electron chi connectivity index (χ3n) is 3.61. The highest BCUT2D eigenvalue weighted by atomic mass is 16.2. The Bertz CT molecular complexity index is 754. The Morgan fingerprint density at radius 1 is 0.846 bits per heavy atom. The first-order chi connectivity index (χ1) is 12.4. The Hall–Kier alpha value is -3.15. The molecule has 0 saturated carbocycles. The van der Waals surface area contributed by atoms with Crippen LogP contribution < -0.4 is 16.0 Å².